The zero-order valence-corrected chi connectivity index (χ0v) is 15.0. The molecule has 0 bridgehead atoms. The van der Waals surface area contributed by atoms with Crippen LogP contribution in [0.4, 0.5) is 0 Å². The fourth-order valence-electron chi connectivity index (χ4n) is 2.20. The Kier molecular flexibility index (Phi) is 8.50. The normalized spacial score (nSPS) is 12.7. The van der Waals surface area contributed by atoms with Crippen LogP contribution in [0.5, 0.6) is 0 Å². The van der Waals surface area contributed by atoms with E-state index >= 15 is 0 Å². The maximum Gasteiger partial charge on any atom is 0.162 e. The third-order valence-corrected chi connectivity index (χ3v) is 4.78. The molecule has 0 N–H and O–H groups in total. The molecular weight excluding hydrogens is 334 g/mol. The fourth-order valence-corrected chi connectivity index (χ4v) is 3.34. The largest absolute Gasteiger partial charge is 0.303 e. The SMILES string of the molecule is CCC(CSC)N(C)CCCC(=O)c1ccc(Br)cc1. The molecule has 1 atom stereocenters. The Bertz CT molecular complexity index is 407. The molecule has 0 saturated carbocycles. The van der Waals surface area contributed by atoms with Gasteiger partial charge in [-0.2, -0.15) is 11.8 Å². The first-order chi connectivity index (χ1) is 9.58. The van der Waals surface area contributed by atoms with Gasteiger partial charge < -0.3 is 4.90 Å². The lowest BCUT2D eigenvalue weighted by molar-refractivity contribution is 0.0974. The number of ketones is 1. The van der Waals surface area contributed by atoms with Gasteiger partial charge >= 0.3 is 0 Å². The van der Waals surface area contributed by atoms with E-state index < -0.39 is 0 Å². The second-order valence-corrected chi connectivity index (χ2v) is 6.86. The molecule has 0 aliphatic carbocycles. The minimum atomic E-state index is 0.240. The molecule has 4 heteroatoms. The smallest absolute Gasteiger partial charge is 0.162 e. The molecule has 1 aromatic carbocycles. The third-order valence-electron chi connectivity index (χ3n) is 3.53. The summed E-state index contributed by atoms with van der Waals surface area (Å²) >= 11 is 5.27. The molecule has 0 aromatic heterocycles. The van der Waals surface area contributed by atoms with Crippen LogP contribution in [-0.4, -0.2) is 42.3 Å². The van der Waals surface area contributed by atoms with Crippen molar-refractivity contribution < 1.29 is 4.79 Å². The predicted molar refractivity (Wildman–Crippen MR) is 92.8 cm³/mol. The van der Waals surface area contributed by atoms with Gasteiger partial charge in [0.05, 0.1) is 0 Å². The Morgan fingerprint density at radius 1 is 1.35 bits per heavy atom. The number of rotatable bonds is 9. The first kappa shape index (κ1) is 17.7. The van der Waals surface area contributed by atoms with Gasteiger partial charge in [-0.05, 0) is 44.8 Å². The molecule has 0 fully saturated rings. The van der Waals surface area contributed by atoms with Crippen molar-refractivity contribution in [1.29, 1.82) is 0 Å². The molecule has 0 heterocycles. The van der Waals surface area contributed by atoms with Crippen molar-refractivity contribution >= 4 is 33.5 Å². The number of Topliss-reactive ketones (excluding diaryl/α,β-unsaturated/α-hetero) is 1. The molecule has 2 nitrogen and oxygen atoms in total. The summed E-state index contributed by atoms with van der Waals surface area (Å²) in [5.74, 6) is 1.40. The van der Waals surface area contributed by atoms with E-state index in [1.54, 1.807) is 0 Å². The zero-order chi connectivity index (χ0) is 15.0. The van der Waals surface area contributed by atoms with E-state index in [0.29, 0.717) is 12.5 Å². The van der Waals surface area contributed by atoms with Gasteiger partial charge in [-0.15, -0.1) is 0 Å². The summed E-state index contributed by atoms with van der Waals surface area (Å²) in [6.45, 7) is 3.21. The fraction of sp³-hybridized carbons (Fsp3) is 0.562. The summed E-state index contributed by atoms with van der Waals surface area (Å²) < 4.78 is 1.01. The third kappa shape index (κ3) is 5.98. The molecule has 0 saturated heterocycles. The molecule has 1 unspecified atom stereocenters. The topological polar surface area (TPSA) is 20.3 Å². The van der Waals surface area contributed by atoms with Crippen LogP contribution in [0.3, 0.4) is 0 Å². The van der Waals surface area contributed by atoms with Crippen LogP contribution < -0.4 is 0 Å². The van der Waals surface area contributed by atoms with Gasteiger partial charge in [0.1, 0.15) is 0 Å². The summed E-state index contributed by atoms with van der Waals surface area (Å²) in [4.78, 5) is 14.4. The Hall–Kier alpha value is -0.320. The van der Waals surface area contributed by atoms with Gasteiger partial charge in [0, 0.05) is 28.3 Å². The number of halogens is 1. The van der Waals surface area contributed by atoms with E-state index in [0.717, 1.165) is 35.2 Å². The molecule has 0 aliphatic heterocycles. The van der Waals surface area contributed by atoms with Gasteiger partial charge in [-0.25, -0.2) is 0 Å². The first-order valence-corrected chi connectivity index (χ1v) is 9.25. The molecule has 20 heavy (non-hydrogen) atoms. The van der Waals surface area contributed by atoms with Gasteiger partial charge in [0.15, 0.2) is 5.78 Å². The van der Waals surface area contributed by atoms with Crippen molar-refractivity contribution in [1.82, 2.24) is 4.90 Å². The molecule has 112 valence electrons. The zero-order valence-electron chi connectivity index (χ0n) is 12.6. The lowest BCUT2D eigenvalue weighted by Crippen LogP contribution is -2.34. The van der Waals surface area contributed by atoms with Crippen LogP contribution >= 0.6 is 27.7 Å². The van der Waals surface area contributed by atoms with Crippen LogP contribution in [0, 0.1) is 0 Å². The van der Waals surface area contributed by atoms with E-state index in [1.165, 1.54) is 0 Å². The lowest BCUT2D eigenvalue weighted by atomic mass is 10.1. The van der Waals surface area contributed by atoms with E-state index in [2.05, 4.69) is 41.1 Å². The molecule has 0 aliphatic rings. The van der Waals surface area contributed by atoms with Crippen molar-refractivity contribution in [3.05, 3.63) is 34.3 Å². The summed E-state index contributed by atoms with van der Waals surface area (Å²) in [6.07, 6.45) is 4.86. The highest BCUT2D eigenvalue weighted by Crippen LogP contribution is 2.14. The molecule has 0 spiro atoms. The Labute approximate surface area is 135 Å². The average molecular weight is 358 g/mol. The van der Waals surface area contributed by atoms with Gasteiger partial charge in [0.25, 0.3) is 0 Å². The van der Waals surface area contributed by atoms with Crippen LogP contribution in [0.25, 0.3) is 0 Å². The monoisotopic (exact) mass is 357 g/mol. The van der Waals surface area contributed by atoms with E-state index in [9.17, 15) is 4.79 Å². The van der Waals surface area contributed by atoms with Crippen LogP contribution in [-0.2, 0) is 0 Å². The number of benzene rings is 1. The summed E-state index contributed by atoms with van der Waals surface area (Å²) in [5, 5.41) is 0. The van der Waals surface area contributed by atoms with Crippen molar-refractivity contribution in [3.63, 3.8) is 0 Å². The number of nitrogens with zero attached hydrogens (tertiary/aromatic N) is 1. The predicted octanol–water partition coefficient (Wildman–Crippen LogP) is 4.49. The Balaban J connectivity index is 2.36. The highest BCUT2D eigenvalue weighted by molar-refractivity contribution is 9.10. The average Bonchev–Trinajstić information content (AvgIpc) is 2.45. The number of carbonyl (C=O) groups excluding carboxylic acids is 1. The van der Waals surface area contributed by atoms with E-state index in [4.69, 9.17) is 0 Å². The molecule has 0 amide bonds. The number of carbonyl (C=O) groups is 1. The minimum Gasteiger partial charge on any atom is -0.303 e. The summed E-state index contributed by atoms with van der Waals surface area (Å²) in [7, 11) is 2.16. The van der Waals surface area contributed by atoms with Crippen LogP contribution in [0.2, 0.25) is 0 Å². The van der Waals surface area contributed by atoms with Gasteiger partial charge in [-0.1, -0.05) is 35.0 Å². The Morgan fingerprint density at radius 2 is 2.00 bits per heavy atom. The Morgan fingerprint density at radius 3 is 2.55 bits per heavy atom. The first-order valence-electron chi connectivity index (χ1n) is 7.06. The summed E-state index contributed by atoms with van der Waals surface area (Å²) in [5.41, 5.74) is 0.812. The number of thioether (sulfide) groups is 1. The standard InChI is InChI=1S/C16H24BrNOS/c1-4-15(12-20-3)18(2)11-5-6-16(19)13-7-9-14(17)10-8-13/h7-10,15H,4-6,11-12H2,1-3H3. The second kappa shape index (κ2) is 9.59. The quantitative estimate of drug-likeness (QED) is 0.607. The minimum absolute atomic E-state index is 0.240. The van der Waals surface area contributed by atoms with Crippen molar-refractivity contribution in [2.24, 2.45) is 0 Å². The van der Waals surface area contributed by atoms with Gasteiger partial charge in [0.2, 0.25) is 0 Å². The summed E-state index contributed by atoms with van der Waals surface area (Å²) in [6, 6.07) is 8.24. The van der Waals surface area contributed by atoms with Gasteiger partial charge in [-0.3, -0.25) is 4.79 Å². The molecular formula is C16H24BrNOS. The van der Waals surface area contributed by atoms with E-state index in [1.807, 2.05) is 36.0 Å². The van der Waals surface area contributed by atoms with E-state index in [-0.39, 0.29) is 5.78 Å². The van der Waals surface area contributed by atoms with Crippen molar-refractivity contribution in [2.45, 2.75) is 32.2 Å². The molecule has 1 rings (SSSR count). The lowest BCUT2D eigenvalue weighted by Gasteiger charge is -2.26. The highest BCUT2D eigenvalue weighted by atomic mass is 79.9. The number of hydrogen-bond acceptors (Lipinski definition) is 3. The number of hydrogen-bond donors (Lipinski definition) is 0. The van der Waals surface area contributed by atoms with Crippen LogP contribution in [0.15, 0.2) is 28.7 Å². The highest BCUT2D eigenvalue weighted by Gasteiger charge is 2.12. The molecule has 0 radical (unpaired) electrons. The molecule has 1 aromatic rings. The van der Waals surface area contributed by atoms with Crippen molar-refractivity contribution in [3.8, 4) is 0 Å². The van der Waals surface area contributed by atoms with Crippen molar-refractivity contribution in [2.75, 3.05) is 25.6 Å². The maximum atomic E-state index is 12.1. The second-order valence-electron chi connectivity index (χ2n) is 5.03. The maximum absolute atomic E-state index is 12.1. The van der Waals surface area contributed by atoms with Crippen LogP contribution in [0.1, 0.15) is 36.5 Å².